The van der Waals surface area contributed by atoms with Crippen LogP contribution in [-0.2, 0) is 25.6 Å². The Morgan fingerprint density at radius 2 is 1.27 bits per heavy atom. The first-order valence-corrected chi connectivity index (χ1v) is 19.9. The van der Waals surface area contributed by atoms with Gasteiger partial charge in [-0.2, -0.15) is 0 Å². The quantitative estimate of drug-likeness (QED) is 0.105. The van der Waals surface area contributed by atoms with Gasteiger partial charge in [0, 0.05) is 22.8 Å². The first kappa shape index (κ1) is 42.0. The van der Waals surface area contributed by atoms with E-state index in [1.54, 1.807) is 17.4 Å². The average molecular weight is 791 g/mol. The molecule has 3 aliphatic rings. The number of carbonyl (C=O) groups is 4. The minimum atomic E-state index is -1.82. The molecule has 13 nitrogen and oxygen atoms in total. The number of hydrogen-bond donors (Lipinski definition) is 5. The molecule has 1 aromatic heterocycles. The predicted octanol–water partition coefficient (Wildman–Crippen LogP) is 6.83. The summed E-state index contributed by atoms with van der Waals surface area (Å²) in [5.41, 5.74) is 3.67. The molecule has 0 unspecified atom stereocenters. The van der Waals surface area contributed by atoms with Crippen molar-refractivity contribution in [3.63, 3.8) is 0 Å². The molecule has 3 aromatic carbocycles. The summed E-state index contributed by atoms with van der Waals surface area (Å²) in [5, 5.41) is 41.4. The topological polar surface area (TPSA) is 194 Å². The second kappa shape index (κ2) is 20.7. The van der Waals surface area contributed by atoms with Crippen LogP contribution in [0, 0.1) is 0 Å². The third-order valence-corrected chi connectivity index (χ3v) is 11.6. The largest absolute Gasteiger partial charge is 0.506 e. The van der Waals surface area contributed by atoms with E-state index in [2.05, 4.69) is 64.4 Å². The molecule has 0 radical (unpaired) electrons. The second-order valence-electron chi connectivity index (χ2n) is 14.1. The van der Waals surface area contributed by atoms with Gasteiger partial charge >= 0.3 is 23.9 Å². The highest BCUT2D eigenvalue weighted by molar-refractivity contribution is 7.22. The first-order chi connectivity index (χ1) is 27.0. The van der Waals surface area contributed by atoms with Crippen LogP contribution in [0.2, 0.25) is 0 Å². The van der Waals surface area contributed by atoms with Crippen molar-refractivity contribution in [2.45, 2.75) is 76.4 Å². The number of carboxylic acids is 4. The molecule has 14 heteroatoms. The van der Waals surface area contributed by atoms with Gasteiger partial charge in [0.2, 0.25) is 0 Å². The zero-order valence-corrected chi connectivity index (χ0v) is 32.1. The molecule has 3 fully saturated rings. The van der Waals surface area contributed by atoms with Gasteiger partial charge in [-0.25, -0.2) is 19.2 Å². The molecule has 0 bridgehead atoms. The second-order valence-corrected chi connectivity index (χ2v) is 15.2. The number of piperidine rings is 1. The summed E-state index contributed by atoms with van der Waals surface area (Å²) >= 11 is 1.68. The Labute approximate surface area is 329 Å². The number of hydrogen-bond acceptors (Lipinski definition) is 10. The van der Waals surface area contributed by atoms with Crippen molar-refractivity contribution in [1.29, 1.82) is 0 Å². The molecule has 300 valence electrons. The van der Waals surface area contributed by atoms with E-state index in [1.165, 1.54) is 93.5 Å². The van der Waals surface area contributed by atoms with E-state index < -0.39 is 23.9 Å². The van der Waals surface area contributed by atoms with Crippen molar-refractivity contribution >= 4 is 45.3 Å². The zero-order chi connectivity index (χ0) is 40.0. The molecule has 3 heterocycles. The van der Waals surface area contributed by atoms with Gasteiger partial charge in [-0.05, 0) is 137 Å². The number of aliphatic carboxylic acids is 4. The van der Waals surface area contributed by atoms with Crippen molar-refractivity contribution < 1.29 is 54.2 Å². The average Bonchev–Trinajstić information content (AvgIpc) is 3.86. The van der Waals surface area contributed by atoms with Crippen molar-refractivity contribution in [2.24, 2.45) is 0 Å². The van der Waals surface area contributed by atoms with Crippen LogP contribution in [0.15, 0.2) is 66.7 Å². The van der Waals surface area contributed by atoms with Crippen LogP contribution in [0.4, 0.5) is 0 Å². The summed E-state index contributed by atoms with van der Waals surface area (Å²) in [6.07, 6.45) is 12.7. The van der Waals surface area contributed by atoms with E-state index >= 15 is 0 Å². The summed E-state index contributed by atoms with van der Waals surface area (Å²) in [5.74, 6) is -5.05. The fraction of sp³-hybridized carbons (Fsp3) is 0.429. The van der Waals surface area contributed by atoms with Crippen LogP contribution in [0.25, 0.3) is 20.5 Å². The maximum atomic E-state index is 10.7. The molecule has 2 aliphatic heterocycles. The highest BCUT2D eigenvalue weighted by Gasteiger charge is 2.32. The summed E-state index contributed by atoms with van der Waals surface area (Å²) in [7, 11) is 0. The lowest BCUT2D eigenvalue weighted by Crippen LogP contribution is -2.49. The Morgan fingerprint density at radius 1 is 0.679 bits per heavy atom. The van der Waals surface area contributed by atoms with Gasteiger partial charge in [0.1, 0.15) is 30.0 Å². The molecule has 0 amide bonds. The summed E-state index contributed by atoms with van der Waals surface area (Å²) in [6, 6.07) is 23.7. The number of carboxylic acid groups (broad SMARTS) is 4. The van der Waals surface area contributed by atoms with E-state index in [-0.39, 0.29) is 6.10 Å². The van der Waals surface area contributed by atoms with Gasteiger partial charge in [-0.1, -0.05) is 37.1 Å². The van der Waals surface area contributed by atoms with Gasteiger partial charge < -0.3 is 35.0 Å². The first-order valence-electron chi connectivity index (χ1n) is 19.1. The Balaban J connectivity index is 0.000000437. The van der Waals surface area contributed by atoms with Crippen LogP contribution in [-0.4, -0.2) is 111 Å². The predicted molar refractivity (Wildman–Crippen MR) is 212 cm³/mol. The van der Waals surface area contributed by atoms with Crippen LogP contribution in [0.3, 0.4) is 0 Å². The van der Waals surface area contributed by atoms with E-state index in [0.717, 1.165) is 53.1 Å². The summed E-state index contributed by atoms with van der Waals surface area (Å²) in [4.78, 5) is 42.8. The Kier molecular flexibility index (Phi) is 15.5. The summed E-state index contributed by atoms with van der Waals surface area (Å²) in [6.45, 7) is 6.55. The molecule has 1 aliphatic carbocycles. The molecule has 2 atom stereocenters. The molecule has 2 saturated heterocycles. The normalized spacial score (nSPS) is 18.5. The molecular weight excluding hydrogens is 741 g/mol. The molecular formula is C42H50N2O11S. The Hall–Kier alpha value is -5.18. The number of ether oxygens (including phenoxy) is 2. The molecule has 56 heavy (non-hydrogen) atoms. The van der Waals surface area contributed by atoms with Gasteiger partial charge in [-0.15, -0.1) is 11.3 Å². The highest BCUT2D eigenvalue weighted by Crippen LogP contribution is 2.43. The lowest BCUT2D eigenvalue weighted by molar-refractivity contribution is -0.159. The van der Waals surface area contributed by atoms with Crippen molar-refractivity contribution in [3.05, 3.63) is 77.9 Å². The maximum Gasteiger partial charge on any atom is 0.414 e. The fourth-order valence-electron chi connectivity index (χ4n) is 7.51. The molecule has 7 rings (SSSR count). The van der Waals surface area contributed by atoms with Crippen molar-refractivity contribution in [3.8, 4) is 27.7 Å². The Bertz CT molecular complexity index is 1870. The van der Waals surface area contributed by atoms with E-state index in [1.807, 2.05) is 6.07 Å². The van der Waals surface area contributed by atoms with E-state index in [9.17, 15) is 5.11 Å². The van der Waals surface area contributed by atoms with Crippen LogP contribution < -0.4 is 9.47 Å². The lowest BCUT2D eigenvalue weighted by Gasteiger charge is -2.41. The van der Waals surface area contributed by atoms with Crippen molar-refractivity contribution in [2.75, 3.05) is 39.3 Å². The zero-order valence-electron chi connectivity index (χ0n) is 31.3. The summed E-state index contributed by atoms with van der Waals surface area (Å²) < 4.78 is 13.7. The fourth-order valence-corrected chi connectivity index (χ4v) is 8.75. The highest BCUT2D eigenvalue weighted by atomic mass is 32.1. The number of nitrogens with zero attached hydrogens (tertiary/aromatic N) is 2. The minimum absolute atomic E-state index is 0.287. The smallest absolute Gasteiger partial charge is 0.414 e. The van der Waals surface area contributed by atoms with Crippen LogP contribution >= 0.6 is 11.3 Å². The lowest BCUT2D eigenvalue weighted by atomic mass is 9.90. The number of rotatable bonds is 10. The molecule has 4 aromatic rings. The number of aromatic hydroxyl groups is 1. The molecule has 0 spiro atoms. The van der Waals surface area contributed by atoms with E-state index in [0.29, 0.717) is 11.8 Å². The number of benzene rings is 3. The van der Waals surface area contributed by atoms with Crippen LogP contribution in [0.1, 0.15) is 68.9 Å². The molecule has 5 N–H and O–H groups in total. The third kappa shape index (κ3) is 11.9. The van der Waals surface area contributed by atoms with Gasteiger partial charge in [0.15, 0.2) is 0 Å². The molecule has 1 saturated carbocycles. The third-order valence-electron chi connectivity index (χ3n) is 10.3. The van der Waals surface area contributed by atoms with Gasteiger partial charge in [0.05, 0.1) is 4.70 Å². The van der Waals surface area contributed by atoms with Gasteiger partial charge in [-0.3, -0.25) is 9.80 Å². The van der Waals surface area contributed by atoms with Crippen molar-refractivity contribution in [1.82, 2.24) is 9.80 Å². The standard InChI is InChI=1S/C38H46N2O3S.2C2H2O4/c41-35-11-8-9-32-33(37(44-38(32)35)29-15-19-30(20-16-29)42-26-25-39-21-6-7-22-39)27-28-13-17-31(18-14-28)43-36-12-3-2-10-34(36)40-23-4-1-5-24-40;2*3-1(4)2(5)6/h8-9,11,13-20,34,36,41H,1-7,10,12,21-27H2;2*(H,3,4)(H,5,6)/t34-,36-;;/m1../s1. The maximum absolute atomic E-state index is 10.7. The SMILES string of the molecule is O=C(O)C(=O)O.O=C(O)C(=O)O.Oc1cccc2c(Cc3ccc(O[C@@H]4CCCC[C@H]4N4CCCCC4)cc3)c(-c3ccc(OCCN4CCCC4)cc3)sc12. The number of phenolic OH excluding ortho intramolecular Hbond substituents is 1. The van der Waals surface area contributed by atoms with Crippen LogP contribution in [0.5, 0.6) is 17.2 Å². The minimum Gasteiger partial charge on any atom is -0.506 e. The monoisotopic (exact) mass is 790 g/mol. The number of fused-ring (bicyclic) bond motifs is 1. The van der Waals surface area contributed by atoms with E-state index in [4.69, 9.17) is 49.1 Å². The number of likely N-dealkylation sites (tertiary alicyclic amines) is 2. The number of phenols is 1. The Morgan fingerprint density at radius 3 is 1.89 bits per heavy atom. The number of thiophene rings is 1. The van der Waals surface area contributed by atoms with Gasteiger partial charge in [0.25, 0.3) is 0 Å².